The molecule has 1 aromatic heterocycles. The molecule has 1 atom stereocenters. The Morgan fingerprint density at radius 3 is 3.05 bits per heavy atom. The van der Waals surface area contributed by atoms with Crippen molar-refractivity contribution in [1.29, 1.82) is 0 Å². The van der Waals surface area contributed by atoms with Crippen LogP contribution in [0, 0.1) is 0 Å². The van der Waals surface area contributed by atoms with Gasteiger partial charge in [0.25, 0.3) is 15.9 Å². The molecule has 118 valence electrons. The summed E-state index contributed by atoms with van der Waals surface area (Å²) in [5.74, 6) is -0.515. The minimum absolute atomic E-state index is 0.146. The molecule has 1 fully saturated rings. The van der Waals surface area contributed by atoms with E-state index in [0.29, 0.717) is 13.2 Å². The lowest BCUT2D eigenvalue weighted by molar-refractivity contribution is -0.130. The van der Waals surface area contributed by atoms with Gasteiger partial charge in [0.05, 0.1) is 13.2 Å². The van der Waals surface area contributed by atoms with Crippen LogP contribution in [0.15, 0.2) is 21.7 Å². The Hall–Kier alpha value is -0.960. The topological polar surface area (TPSA) is 75.7 Å². The van der Waals surface area contributed by atoms with Gasteiger partial charge in [0.15, 0.2) is 0 Å². The molecule has 0 saturated carbocycles. The number of nitrogens with one attached hydrogen (secondary N) is 1. The number of amides is 1. The number of hydrogen-bond acceptors (Lipinski definition) is 6. The molecule has 1 aromatic rings. The van der Waals surface area contributed by atoms with Gasteiger partial charge >= 0.3 is 0 Å². The van der Waals surface area contributed by atoms with Gasteiger partial charge in [-0.2, -0.15) is 0 Å². The van der Waals surface area contributed by atoms with Gasteiger partial charge in [0, 0.05) is 6.54 Å². The SMILES string of the molecule is CCCCN1CCOCC1C(=O)NS(=O)(=O)c1cccs1. The normalized spacial score (nSPS) is 20.3. The number of thiophene rings is 1. The largest absolute Gasteiger partial charge is 0.378 e. The molecule has 1 aliphatic heterocycles. The minimum atomic E-state index is -3.77. The maximum atomic E-state index is 12.3. The molecule has 0 aromatic carbocycles. The summed E-state index contributed by atoms with van der Waals surface area (Å²) in [5.41, 5.74) is 0. The Balaban J connectivity index is 2.04. The molecular weight excluding hydrogens is 312 g/mol. The van der Waals surface area contributed by atoms with Gasteiger partial charge in [-0.3, -0.25) is 9.69 Å². The van der Waals surface area contributed by atoms with E-state index in [1.807, 2.05) is 4.90 Å². The third kappa shape index (κ3) is 4.26. The van der Waals surface area contributed by atoms with Crippen molar-refractivity contribution < 1.29 is 17.9 Å². The van der Waals surface area contributed by atoms with Gasteiger partial charge in [0.2, 0.25) is 0 Å². The fourth-order valence-corrected chi connectivity index (χ4v) is 4.18. The fraction of sp³-hybridized carbons (Fsp3) is 0.615. The van der Waals surface area contributed by atoms with Crippen LogP contribution in [0.5, 0.6) is 0 Å². The van der Waals surface area contributed by atoms with Gasteiger partial charge in [-0.25, -0.2) is 13.1 Å². The lowest BCUT2D eigenvalue weighted by Gasteiger charge is -2.34. The summed E-state index contributed by atoms with van der Waals surface area (Å²) in [5, 5.41) is 1.66. The van der Waals surface area contributed by atoms with E-state index in [-0.39, 0.29) is 10.8 Å². The monoisotopic (exact) mass is 332 g/mol. The minimum Gasteiger partial charge on any atom is -0.378 e. The summed E-state index contributed by atoms with van der Waals surface area (Å²) in [7, 11) is -3.77. The third-order valence-electron chi connectivity index (χ3n) is 3.34. The van der Waals surface area contributed by atoms with E-state index in [9.17, 15) is 13.2 Å². The second-order valence-corrected chi connectivity index (χ2v) is 7.74. The van der Waals surface area contributed by atoms with Crippen LogP contribution in [0.4, 0.5) is 0 Å². The molecule has 21 heavy (non-hydrogen) atoms. The Morgan fingerprint density at radius 1 is 1.57 bits per heavy atom. The number of ether oxygens (including phenoxy) is 1. The molecule has 0 bridgehead atoms. The summed E-state index contributed by atoms with van der Waals surface area (Å²) in [4.78, 5) is 14.3. The lowest BCUT2D eigenvalue weighted by Crippen LogP contribution is -2.54. The predicted molar refractivity (Wildman–Crippen MR) is 80.7 cm³/mol. The fourth-order valence-electron chi connectivity index (χ4n) is 2.18. The van der Waals surface area contributed by atoms with E-state index in [0.717, 1.165) is 30.7 Å². The molecule has 1 aliphatic rings. The molecule has 1 saturated heterocycles. The van der Waals surface area contributed by atoms with Gasteiger partial charge in [0.1, 0.15) is 10.3 Å². The second kappa shape index (κ2) is 7.35. The average Bonchev–Trinajstić information content (AvgIpc) is 3.00. The van der Waals surface area contributed by atoms with Crippen LogP contribution >= 0.6 is 11.3 Å². The highest BCUT2D eigenvalue weighted by molar-refractivity contribution is 7.92. The van der Waals surface area contributed by atoms with Crippen molar-refractivity contribution in [2.24, 2.45) is 0 Å². The summed E-state index contributed by atoms with van der Waals surface area (Å²) < 4.78 is 31.8. The average molecular weight is 332 g/mol. The van der Waals surface area contributed by atoms with Crippen LogP contribution < -0.4 is 4.72 Å². The Bertz CT molecular complexity index is 557. The number of rotatable bonds is 6. The van der Waals surface area contributed by atoms with Crippen molar-refractivity contribution in [3.05, 3.63) is 17.5 Å². The third-order valence-corrected chi connectivity index (χ3v) is 6.08. The van der Waals surface area contributed by atoms with Crippen LogP contribution in [0.2, 0.25) is 0 Å². The molecule has 1 unspecified atom stereocenters. The van der Waals surface area contributed by atoms with Crippen molar-refractivity contribution in [3.8, 4) is 0 Å². The highest BCUT2D eigenvalue weighted by atomic mass is 32.2. The van der Waals surface area contributed by atoms with Crippen molar-refractivity contribution in [2.45, 2.75) is 30.0 Å². The maximum absolute atomic E-state index is 12.3. The Kier molecular flexibility index (Phi) is 5.74. The second-order valence-electron chi connectivity index (χ2n) is 4.88. The zero-order valence-electron chi connectivity index (χ0n) is 11.9. The predicted octanol–water partition coefficient (Wildman–Crippen LogP) is 1.05. The molecular formula is C13H20N2O4S2. The molecule has 2 rings (SSSR count). The van der Waals surface area contributed by atoms with Crippen LogP contribution in [-0.2, 0) is 19.6 Å². The molecule has 0 radical (unpaired) electrons. The number of morpholine rings is 1. The molecule has 0 spiro atoms. The smallest absolute Gasteiger partial charge is 0.273 e. The molecule has 6 nitrogen and oxygen atoms in total. The van der Waals surface area contributed by atoms with Crippen LogP contribution in [0.25, 0.3) is 0 Å². The number of sulfonamides is 1. The van der Waals surface area contributed by atoms with Gasteiger partial charge in [-0.05, 0) is 24.4 Å². The van der Waals surface area contributed by atoms with Crippen molar-refractivity contribution in [1.82, 2.24) is 9.62 Å². The molecule has 1 N–H and O–H groups in total. The zero-order chi connectivity index (χ0) is 15.3. The van der Waals surface area contributed by atoms with E-state index in [2.05, 4.69) is 11.6 Å². The number of unbranched alkanes of at least 4 members (excludes halogenated alkanes) is 1. The number of carbonyl (C=O) groups is 1. The Morgan fingerprint density at radius 2 is 2.38 bits per heavy atom. The maximum Gasteiger partial charge on any atom is 0.273 e. The zero-order valence-corrected chi connectivity index (χ0v) is 13.6. The van der Waals surface area contributed by atoms with E-state index in [1.54, 1.807) is 11.4 Å². The highest BCUT2D eigenvalue weighted by Crippen LogP contribution is 2.16. The Labute approximate surface area is 129 Å². The summed E-state index contributed by atoms with van der Waals surface area (Å²) in [6.45, 7) is 4.31. The molecule has 1 amide bonds. The van der Waals surface area contributed by atoms with Crippen molar-refractivity contribution >= 4 is 27.3 Å². The van der Waals surface area contributed by atoms with Crippen molar-refractivity contribution in [2.75, 3.05) is 26.3 Å². The number of carbonyl (C=O) groups excluding carboxylic acids is 1. The van der Waals surface area contributed by atoms with E-state index in [4.69, 9.17) is 4.74 Å². The number of nitrogens with zero attached hydrogens (tertiary/aromatic N) is 1. The molecule has 2 heterocycles. The summed E-state index contributed by atoms with van der Waals surface area (Å²) >= 11 is 1.09. The standard InChI is InChI=1S/C13H20N2O4S2/c1-2-3-6-15-7-8-19-10-11(15)13(16)14-21(17,18)12-5-4-9-20-12/h4-5,9,11H,2-3,6-8,10H2,1H3,(H,14,16). The first-order valence-corrected chi connectivity index (χ1v) is 9.33. The first kappa shape index (κ1) is 16.4. The van der Waals surface area contributed by atoms with Gasteiger partial charge in [-0.15, -0.1) is 11.3 Å². The van der Waals surface area contributed by atoms with E-state index in [1.165, 1.54) is 6.07 Å². The van der Waals surface area contributed by atoms with Crippen LogP contribution in [-0.4, -0.2) is 51.6 Å². The van der Waals surface area contributed by atoms with E-state index >= 15 is 0 Å². The summed E-state index contributed by atoms with van der Waals surface area (Å²) in [6, 6.07) is 2.58. The molecule has 0 aliphatic carbocycles. The first-order chi connectivity index (χ1) is 10.0. The van der Waals surface area contributed by atoms with E-state index < -0.39 is 22.0 Å². The van der Waals surface area contributed by atoms with Gasteiger partial charge in [-0.1, -0.05) is 19.4 Å². The quantitative estimate of drug-likeness (QED) is 0.843. The lowest BCUT2D eigenvalue weighted by atomic mass is 10.2. The number of hydrogen-bond donors (Lipinski definition) is 1. The van der Waals surface area contributed by atoms with Crippen LogP contribution in [0.3, 0.4) is 0 Å². The first-order valence-electron chi connectivity index (χ1n) is 6.96. The molecule has 8 heteroatoms. The van der Waals surface area contributed by atoms with Gasteiger partial charge < -0.3 is 4.74 Å². The highest BCUT2D eigenvalue weighted by Gasteiger charge is 2.32. The van der Waals surface area contributed by atoms with Crippen molar-refractivity contribution in [3.63, 3.8) is 0 Å². The van der Waals surface area contributed by atoms with Crippen LogP contribution in [0.1, 0.15) is 19.8 Å². The summed E-state index contributed by atoms with van der Waals surface area (Å²) in [6.07, 6.45) is 2.00.